The molecule has 6 heteroatoms. The Balaban J connectivity index is 2.91. The first-order valence-corrected chi connectivity index (χ1v) is 8.70. The molecule has 22 heavy (non-hydrogen) atoms. The number of aliphatic carboxylic acids is 1. The molecular weight excluding hydrogens is 302 g/mol. The minimum Gasteiger partial charge on any atom is -0.481 e. The van der Waals surface area contributed by atoms with E-state index >= 15 is 0 Å². The zero-order valence-corrected chi connectivity index (χ0v) is 14.6. The van der Waals surface area contributed by atoms with E-state index < -0.39 is 16.0 Å². The normalized spacial score (nSPS) is 13.9. The third kappa shape index (κ3) is 5.10. The Hall–Kier alpha value is -1.40. The molecule has 1 atom stereocenters. The average molecular weight is 327 g/mol. The topological polar surface area (TPSA) is 83.5 Å². The molecule has 0 aliphatic rings. The number of carbonyl (C=O) groups is 1. The van der Waals surface area contributed by atoms with Gasteiger partial charge in [0.05, 0.1) is 4.90 Å². The van der Waals surface area contributed by atoms with Gasteiger partial charge >= 0.3 is 5.97 Å². The van der Waals surface area contributed by atoms with E-state index in [9.17, 15) is 13.2 Å². The van der Waals surface area contributed by atoms with E-state index in [0.717, 1.165) is 11.1 Å². The lowest BCUT2D eigenvalue weighted by atomic mass is 9.79. The van der Waals surface area contributed by atoms with Crippen molar-refractivity contribution >= 4 is 16.0 Å². The lowest BCUT2D eigenvalue weighted by Gasteiger charge is -2.29. The van der Waals surface area contributed by atoms with Crippen LogP contribution >= 0.6 is 0 Å². The van der Waals surface area contributed by atoms with Gasteiger partial charge in [0.1, 0.15) is 0 Å². The first-order chi connectivity index (χ1) is 9.93. The van der Waals surface area contributed by atoms with Crippen LogP contribution in [0.25, 0.3) is 0 Å². The second kappa shape index (κ2) is 6.79. The van der Waals surface area contributed by atoms with Gasteiger partial charge in [-0.1, -0.05) is 26.8 Å². The molecule has 0 aliphatic carbocycles. The second-order valence-corrected chi connectivity index (χ2v) is 8.53. The molecule has 2 N–H and O–H groups in total. The van der Waals surface area contributed by atoms with Crippen LogP contribution in [-0.4, -0.2) is 26.0 Å². The van der Waals surface area contributed by atoms with Crippen LogP contribution in [0.3, 0.4) is 0 Å². The number of benzene rings is 1. The zero-order chi connectivity index (χ0) is 17.1. The van der Waals surface area contributed by atoms with Gasteiger partial charge in [0.15, 0.2) is 0 Å². The quantitative estimate of drug-likeness (QED) is 0.841. The van der Waals surface area contributed by atoms with Crippen LogP contribution in [0.2, 0.25) is 0 Å². The number of hydrogen-bond donors (Lipinski definition) is 2. The molecule has 1 rings (SSSR count). The summed E-state index contributed by atoms with van der Waals surface area (Å²) in [4.78, 5) is 11.2. The van der Waals surface area contributed by atoms with Crippen molar-refractivity contribution in [1.29, 1.82) is 0 Å². The smallest absolute Gasteiger partial charge is 0.303 e. The molecule has 0 heterocycles. The minimum absolute atomic E-state index is 0.0705. The van der Waals surface area contributed by atoms with Crippen LogP contribution in [0.15, 0.2) is 23.1 Å². The molecule has 5 nitrogen and oxygen atoms in total. The monoisotopic (exact) mass is 327 g/mol. The molecule has 1 aromatic rings. The van der Waals surface area contributed by atoms with Crippen molar-refractivity contribution in [3.63, 3.8) is 0 Å². The van der Waals surface area contributed by atoms with E-state index in [1.165, 1.54) is 0 Å². The highest BCUT2D eigenvalue weighted by molar-refractivity contribution is 7.89. The van der Waals surface area contributed by atoms with E-state index in [4.69, 9.17) is 5.11 Å². The van der Waals surface area contributed by atoms with E-state index in [1.807, 2.05) is 34.6 Å². The number of carboxylic acid groups (broad SMARTS) is 1. The molecule has 0 radical (unpaired) electrons. The number of sulfonamides is 1. The van der Waals surface area contributed by atoms with Gasteiger partial charge in [-0.15, -0.1) is 0 Å². The molecule has 0 aromatic heterocycles. The summed E-state index contributed by atoms with van der Waals surface area (Å²) in [5.41, 5.74) is 1.63. The number of nitrogens with one attached hydrogen (secondary N) is 1. The van der Waals surface area contributed by atoms with Crippen LogP contribution in [0.4, 0.5) is 0 Å². The fourth-order valence-electron chi connectivity index (χ4n) is 2.07. The Morgan fingerprint density at radius 2 is 1.82 bits per heavy atom. The van der Waals surface area contributed by atoms with Gasteiger partial charge in [0, 0.05) is 13.0 Å². The summed E-state index contributed by atoms with van der Waals surface area (Å²) in [6.45, 7) is 9.60. The molecule has 0 amide bonds. The highest BCUT2D eigenvalue weighted by atomic mass is 32.2. The molecule has 1 unspecified atom stereocenters. The first kappa shape index (κ1) is 18.6. The van der Waals surface area contributed by atoms with Crippen LogP contribution in [0.5, 0.6) is 0 Å². The SMILES string of the molecule is Cc1ccc(S(=O)(=O)NCC(CC(=O)O)C(C)(C)C)cc1C. The zero-order valence-electron chi connectivity index (χ0n) is 13.8. The van der Waals surface area contributed by atoms with Gasteiger partial charge in [-0.3, -0.25) is 4.79 Å². The summed E-state index contributed by atoms with van der Waals surface area (Å²) in [7, 11) is -3.63. The van der Waals surface area contributed by atoms with Crippen LogP contribution in [0, 0.1) is 25.2 Å². The number of hydrogen-bond acceptors (Lipinski definition) is 3. The highest BCUT2D eigenvalue weighted by Gasteiger charge is 2.28. The summed E-state index contributed by atoms with van der Waals surface area (Å²) in [6, 6.07) is 4.96. The van der Waals surface area contributed by atoms with Gasteiger partial charge in [-0.25, -0.2) is 13.1 Å². The minimum atomic E-state index is -3.63. The molecule has 0 fully saturated rings. The van der Waals surface area contributed by atoms with Gasteiger partial charge in [0.25, 0.3) is 0 Å². The molecule has 0 spiro atoms. The Labute approximate surface area is 132 Å². The Morgan fingerprint density at radius 1 is 1.23 bits per heavy atom. The Bertz CT molecular complexity index is 645. The standard InChI is InChI=1S/C16H25NO4S/c1-11-6-7-14(8-12(11)2)22(20,21)17-10-13(9-15(18)19)16(3,4)5/h6-8,13,17H,9-10H2,1-5H3,(H,18,19). The van der Waals surface area contributed by atoms with Crippen molar-refractivity contribution < 1.29 is 18.3 Å². The van der Waals surface area contributed by atoms with E-state index in [1.54, 1.807) is 18.2 Å². The molecule has 0 saturated carbocycles. The number of rotatable bonds is 6. The Kier molecular flexibility index (Phi) is 5.76. The van der Waals surface area contributed by atoms with Crippen LogP contribution in [-0.2, 0) is 14.8 Å². The van der Waals surface area contributed by atoms with Crippen LogP contribution < -0.4 is 4.72 Å². The van der Waals surface area contributed by atoms with Crippen molar-refractivity contribution in [2.45, 2.75) is 45.9 Å². The summed E-state index contributed by atoms with van der Waals surface area (Å²) in [5, 5.41) is 8.98. The summed E-state index contributed by atoms with van der Waals surface area (Å²) in [5.74, 6) is -1.21. The van der Waals surface area contributed by atoms with E-state index in [0.29, 0.717) is 0 Å². The van der Waals surface area contributed by atoms with Crippen molar-refractivity contribution in [2.24, 2.45) is 11.3 Å². The van der Waals surface area contributed by atoms with Crippen molar-refractivity contribution in [2.75, 3.05) is 6.54 Å². The molecule has 0 aliphatic heterocycles. The third-order valence-electron chi connectivity index (χ3n) is 3.95. The number of aryl methyl sites for hydroxylation is 2. The summed E-state index contributed by atoms with van der Waals surface area (Å²) >= 11 is 0. The lowest BCUT2D eigenvalue weighted by Crippen LogP contribution is -2.36. The predicted molar refractivity (Wildman–Crippen MR) is 86.3 cm³/mol. The summed E-state index contributed by atoms with van der Waals surface area (Å²) in [6.07, 6.45) is -0.0705. The van der Waals surface area contributed by atoms with Crippen LogP contribution in [0.1, 0.15) is 38.3 Å². The lowest BCUT2D eigenvalue weighted by molar-refractivity contribution is -0.139. The fourth-order valence-corrected chi connectivity index (χ4v) is 3.24. The second-order valence-electron chi connectivity index (χ2n) is 6.76. The van der Waals surface area contributed by atoms with Crippen molar-refractivity contribution in [3.05, 3.63) is 29.3 Å². The molecule has 124 valence electrons. The Morgan fingerprint density at radius 3 is 2.27 bits per heavy atom. The molecule has 1 aromatic carbocycles. The largest absolute Gasteiger partial charge is 0.481 e. The van der Waals surface area contributed by atoms with Gasteiger partial charge < -0.3 is 5.11 Å². The molecule has 0 saturated heterocycles. The van der Waals surface area contributed by atoms with E-state index in [2.05, 4.69) is 4.72 Å². The predicted octanol–water partition coefficient (Wildman–Crippen LogP) is 2.72. The van der Waals surface area contributed by atoms with Gasteiger partial charge in [-0.05, 0) is 48.4 Å². The molecular formula is C16H25NO4S. The third-order valence-corrected chi connectivity index (χ3v) is 5.38. The maximum absolute atomic E-state index is 12.4. The van der Waals surface area contributed by atoms with E-state index in [-0.39, 0.29) is 29.2 Å². The van der Waals surface area contributed by atoms with Crippen molar-refractivity contribution in [3.8, 4) is 0 Å². The average Bonchev–Trinajstić information content (AvgIpc) is 2.36. The van der Waals surface area contributed by atoms with Crippen molar-refractivity contribution in [1.82, 2.24) is 4.72 Å². The van der Waals surface area contributed by atoms with Gasteiger partial charge in [0.2, 0.25) is 10.0 Å². The molecule has 0 bridgehead atoms. The first-order valence-electron chi connectivity index (χ1n) is 7.22. The fraction of sp³-hybridized carbons (Fsp3) is 0.562. The maximum atomic E-state index is 12.4. The highest BCUT2D eigenvalue weighted by Crippen LogP contribution is 2.28. The van der Waals surface area contributed by atoms with Gasteiger partial charge in [-0.2, -0.15) is 0 Å². The summed E-state index contributed by atoms with van der Waals surface area (Å²) < 4.78 is 27.3. The maximum Gasteiger partial charge on any atom is 0.303 e. The number of carboxylic acids is 1.